The second kappa shape index (κ2) is 10.3. The van der Waals surface area contributed by atoms with E-state index in [1.807, 2.05) is 4.90 Å². The van der Waals surface area contributed by atoms with Gasteiger partial charge >= 0.3 is 0 Å². The third-order valence-corrected chi connectivity index (χ3v) is 5.61. The molecule has 3 aliphatic heterocycles. The van der Waals surface area contributed by atoms with Crippen LogP contribution in [0.2, 0.25) is 0 Å². The Hall–Kier alpha value is -0.850. The molecule has 2 N–H and O–H groups in total. The quantitative estimate of drug-likeness (QED) is 0.755. The van der Waals surface area contributed by atoms with E-state index >= 15 is 0 Å². The van der Waals surface area contributed by atoms with Crippen LogP contribution < -0.4 is 10.6 Å². The first-order valence-electron chi connectivity index (χ1n) is 9.73. The summed E-state index contributed by atoms with van der Waals surface area (Å²) in [5, 5.41) is 6.35. The van der Waals surface area contributed by atoms with Crippen molar-refractivity contribution in [1.82, 2.24) is 20.4 Å². The first kappa shape index (κ1) is 20.5. The van der Waals surface area contributed by atoms with E-state index in [1.54, 1.807) is 0 Å². The van der Waals surface area contributed by atoms with Crippen LogP contribution in [-0.4, -0.2) is 73.5 Å². The Balaban J connectivity index is 0.00000225. The highest BCUT2D eigenvalue weighted by atomic mass is 35.5. The van der Waals surface area contributed by atoms with Gasteiger partial charge in [-0.05, 0) is 64.0 Å². The first-order valence-corrected chi connectivity index (χ1v) is 9.73. The van der Waals surface area contributed by atoms with Crippen molar-refractivity contribution in [3.8, 4) is 0 Å². The number of amides is 2. The highest BCUT2D eigenvalue weighted by Gasteiger charge is 2.26. The maximum atomic E-state index is 12.4. The number of rotatable bonds is 5. The summed E-state index contributed by atoms with van der Waals surface area (Å²) in [7, 11) is 0. The van der Waals surface area contributed by atoms with Gasteiger partial charge in [-0.25, -0.2) is 0 Å². The molecule has 0 aromatic carbocycles. The van der Waals surface area contributed by atoms with Crippen molar-refractivity contribution < 1.29 is 9.59 Å². The van der Waals surface area contributed by atoms with Crippen molar-refractivity contribution in [2.45, 2.75) is 51.0 Å². The van der Waals surface area contributed by atoms with E-state index in [-0.39, 0.29) is 30.3 Å². The fourth-order valence-electron chi connectivity index (χ4n) is 4.17. The number of hydrogen-bond donors (Lipinski definition) is 2. The molecule has 0 saturated carbocycles. The molecule has 3 rings (SSSR count). The van der Waals surface area contributed by atoms with E-state index < -0.39 is 0 Å². The predicted octanol–water partition coefficient (Wildman–Crippen LogP) is 1.00. The molecule has 0 radical (unpaired) electrons. The monoisotopic (exact) mass is 372 g/mol. The van der Waals surface area contributed by atoms with Gasteiger partial charge in [-0.1, -0.05) is 0 Å². The Kier molecular flexibility index (Phi) is 8.46. The molecule has 25 heavy (non-hydrogen) atoms. The highest BCUT2D eigenvalue weighted by Crippen LogP contribution is 2.17. The van der Waals surface area contributed by atoms with E-state index in [9.17, 15) is 9.59 Å². The number of hydrogen-bond acceptors (Lipinski definition) is 4. The van der Waals surface area contributed by atoms with Crippen LogP contribution in [-0.2, 0) is 9.59 Å². The van der Waals surface area contributed by atoms with Gasteiger partial charge in [0.2, 0.25) is 11.8 Å². The minimum Gasteiger partial charge on any atom is -0.354 e. The molecule has 3 saturated heterocycles. The normalized spacial score (nSPS) is 27.6. The molecule has 0 aliphatic carbocycles. The fourth-order valence-corrected chi connectivity index (χ4v) is 4.17. The van der Waals surface area contributed by atoms with Crippen molar-refractivity contribution in [1.29, 1.82) is 0 Å². The van der Waals surface area contributed by atoms with Gasteiger partial charge in [0, 0.05) is 26.2 Å². The molecule has 0 aromatic heterocycles. The average Bonchev–Trinajstić information content (AvgIpc) is 3.15. The van der Waals surface area contributed by atoms with Gasteiger partial charge in [0.25, 0.3) is 0 Å². The number of halogens is 1. The summed E-state index contributed by atoms with van der Waals surface area (Å²) in [6.45, 7) is 6.04. The second-order valence-corrected chi connectivity index (χ2v) is 7.58. The molecule has 2 amide bonds. The zero-order valence-corrected chi connectivity index (χ0v) is 16.0. The summed E-state index contributed by atoms with van der Waals surface area (Å²) >= 11 is 0. The lowest BCUT2D eigenvalue weighted by Crippen LogP contribution is -2.48. The van der Waals surface area contributed by atoms with Gasteiger partial charge < -0.3 is 15.5 Å². The van der Waals surface area contributed by atoms with Gasteiger partial charge in [-0.3, -0.25) is 14.5 Å². The number of nitrogens with one attached hydrogen (secondary N) is 2. The fraction of sp³-hybridized carbons (Fsp3) is 0.889. The molecule has 144 valence electrons. The zero-order valence-electron chi connectivity index (χ0n) is 15.2. The minimum absolute atomic E-state index is 0. The molecular formula is C18H33ClN4O2. The second-order valence-electron chi connectivity index (χ2n) is 7.58. The Labute approximate surface area is 157 Å². The zero-order chi connectivity index (χ0) is 16.8. The highest BCUT2D eigenvalue weighted by molar-refractivity contribution is 5.85. The van der Waals surface area contributed by atoms with Crippen LogP contribution in [0.15, 0.2) is 0 Å². The Bertz CT molecular complexity index is 437. The van der Waals surface area contributed by atoms with E-state index in [2.05, 4.69) is 15.5 Å². The van der Waals surface area contributed by atoms with E-state index in [1.165, 1.54) is 6.42 Å². The lowest BCUT2D eigenvalue weighted by molar-refractivity contribution is -0.133. The number of nitrogens with zero attached hydrogens (tertiary/aromatic N) is 2. The number of carbonyl (C=O) groups is 2. The average molecular weight is 373 g/mol. The summed E-state index contributed by atoms with van der Waals surface area (Å²) in [5.74, 6) is 0.904. The van der Waals surface area contributed by atoms with Crippen molar-refractivity contribution in [2.75, 3.05) is 45.8 Å². The molecule has 7 heteroatoms. The molecule has 3 heterocycles. The Morgan fingerprint density at radius 1 is 1.00 bits per heavy atom. The Morgan fingerprint density at radius 3 is 2.52 bits per heavy atom. The lowest BCUT2D eigenvalue weighted by atomic mass is 9.97. The summed E-state index contributed by atoms with van der Waals surface area (Å²) in [6.07, 6.45) is 7.86. The van der Waals surface area contributed by atoms with Gasteiger partial charge in [0.1, 0.15) is 0 Å². The minimum atomic E-state index is 0. The van der Waals surface area contributed by atoms with Gasteiger partial charge in [0.05, 0.1) is 12.6 Å². The Morgan fingerprint density at radius 2 is 1.80 bits per heavy atom. The predicted molar refractivity (Wildman–Crippen MR) is 101 cm³/mol. The molecule has 0 aromatic rings. The van der Waals surface area contributed by atoms with Crippen LogP contribution in [0.5, 0.6) is 0 Å². The van der Waals surface area contributed by atoms with Crippen LogP contribution >= 0.6 is 12.4 Å². The smallest absolute Gasteiger partial charge is 0.237 e. The standard InChI is InChI=1S/C18H32N4O2.ClH/c23-17(22-10-2-1-3-11-22)14-21-9-5-6-15(13-21)12-20-18(24)16-7-4-8-19-16;/h15-16,19H,1-14H2,(H,20,24);1H. The van der Waals surface area contributed by atoms with Crippen LogP contribution in [0.4, 0.5) is 0 Å². The van der Waals surface area contributed by atoms with Crippen LogP contribution in [0, 0.1) is 5.92 Å². The van der Waals surface area contributed by atoms with Crippen molar-refractivity contribution in [2.24, 2.45) is 5.92 Å². The van der Waals surface area contributed by atoms with Gasteiger partial charge in [-0.15, -0.1) is 12.4 Å². The topological polar surface area (TPSA) is 64.7 Å². The molecule has 6 nitrogen and oxygen atoms in total. The van der Waals surface area contributed by atoms with Crippen LogP contribution in [0.1, 0.15) is 44.9 Å². The summed E-state index contributed by atoms with van der Waals surface area (Å²) in [6, 6.07) is 0.00497. The molecule has 0 bridgehead atoms. The lowest BCUT2D eigenvalue weighted by Gasteiger charge is -2.35. The molecule has 0 spiro atoms. The molecule has 3 fully saturated rings. The number of likely N-dealkylation sites (tertiary alicyclic amines) is 2. The van der Waals surface area contributed by atoms with Gasteiger partial charge in [-0.2, -0.15) is 0 Å². The summed E-state index contributed by atoms with van der Waals surface area (Å²) in [4.78, 5) is 28.8. The first-order chi connectivity index (χ1) is 11.7. The van der Waals surface area contributed by atoms with E-state index in [0.717, 1.165) is 77.8 Å². The van der Waals surface area contributed by atoms with Crippen molar-refractivity contribution >= 4 is 24.2 Å². The number of piperidine rings is 2. The molecular weight excluding hydrogens is 340 g/mol. The largest absolute Gasteiger partial charge is 0.354 e. The van der Waals surface area contributed by atoms with Crippen molar-refractivity contribution in [3.63, 3.8) is 0 Å². The van der Waals surface area contributed by atoms with E-state index in [0.29, 0.717) is 12.5 Å². The molecule has 3 aliphatic rings. The molecule has 2 unspecified atom stereocenters. The van der Waals surface area contributed by atoms with E-state index in [4.69, 9.17) is 0 Å². The third-order valence-electron chi connectivity index (χ3n) is 5.61. The SMILES string of the molecule is Cl.O=C(NCC1CCCN(CC(=O)N2CCCCC2)C1)C1CCCN1. The maximum absolute atomic E-state index is 12.4. The number of carbonyl (C=O) groups excluding carboxylic acids is 2. The molecule has 2 atom stereocenters. The summed E-state index contributed by atoms with van der Waals surface area (Å²) in [5.41, 5.74) is 0. The van der Waals surface area contributed by atoms with Crippen molar-refractivity contribution in [3.05, 3.63) is 0 Å². The van der Waals surface area contributed by atoms with Crippen LogP contribution in [0.25, 0.3) is 0 Å². The maximum Gasteiger partial charge on any atom is 0.237 e. The third kappa shape index (κ3) is 6.12. The van der Waals surface area contributed by atoms with Crippen LogP contribution in [0.3, 0.4) is 0 Å². The van der Waals surface area contributed by atoms with Gasteiger partial charge in [0.15, 0.2) is 0 Å². The summed E-state index contributed by atoms with van der Waals surface area (Å²) < 4.78 is 0.